The molecule has 1 heterocycles. The maximum atomic E-state index is 14.0. The molecule has 0 aliphatic rings. The molecular weight excluding hydrogens is 373 g/mol. The number of nitrogen functional groups attached to an aromatic ring is 1. The van der Waals surface area contributed by atoms with Crippen LogP contribution in [-0.4, -0.2) is 4.98 Å². The van der Waals surface area contributed by atoms with Crippen molar-refractivity contribution in [2.75, 3.05) is 5.73 Å². The van der Waals surface area contributed by atoms with Crippen molar-refractivity contribution in [2.24, 2.45) is 0 Å². The van der Waals surface area contributed by atoms with E-state index in [2.05, 4.69) is 4.98 Å². The highest BCUT2D eigenvalue weighted by molar-refractivity contribution is 5.93. The second-order valence-electron chi connectivity index (χ2n) is 6.61. The van der Waals surface area contributed by atoms with Crippen molar-refractivity contribution in [3.63, 3.8) is 0 Å². The van der Waals surface area contributed by atoms with Gasteiger partial charge in [-0.3, -0.25) is 4.98 Å². The number of pyridine rings is 1. The van der Waals surface area contributed by atoms with Crippen LogP contribution in [0.15, 0.2) is 91.1 Å². The summed E-state index contributed by atoms with van der Waals surface area (Å²) in [6.45, 7) is 0. The quantitative estimate of drug-likeness (QED) is 0.396. The van der Waals surface area contributed by atoms with Crippen LogP contribution in [0.4, 0.5) is 18.9 Å². The Morgan fingerprint density at radius 2 is 1.31 bits per heavy atom. The molecule has 144 valence electrons. The van der Waals surface area contributed by atoms with Gasteiger partial charge in [0.1, 0.15) is 0 Å². The number of nitrogens with zero attached hydrogens (tertiary/aromatic N) is 1. The summed E-state index contributed by atoms with van der Waals surface area (Å²) < 4.78 is 41.9. The lowest BCUT2D eigenvalue weighted by atomic mass is 9.87. The molecule has 0 spiro atoms. The summed E-state index contributed by atoms with van der Waals surface area (Å²) in [6, 6.07) is 23.6. The van der Waals surface area contributed by atoms with Gasteiger partial charge in [-0.1, -0.05) is 54.6 Å². The van der Waals surface area contributed by atoms with Crippen LogP contribution in [0.3, 0.4) is 0 Å². The molecule has 0 radical (unpaired) electrons. The number of rotatable bonds is 3. The second-order valence-corrected chi connectivity index (χ2v) is 6.61. The van der Waals surface area contributed by atoms with Gasteiger partial charge in [-0.15, -0.1) is 0 Å². The maximum absolute atomic E-state index is 14.0. The molecule has 2 nitrogen and oxygen atoms in total. The van der Waals surface area contributed by atoms with Gasteiger partial charge in [-0.2, -0.15) is 13.2 Å². The molecule has 0 fully saturated rings. The van der Waals surface area contributed by atoms with Gasteiger partial charge in [-0.25, -0.2) is 0 Å². The molecule has 2 N–H and O–H groups in total. The Balaban J connectivity index is 2.04. The van der Waals surface area contributed by atoms with Crippen LogP contribution < -0.4 is 5.73 Å². The minimum absolute atomic E-state index is 0.117. The van der Waals surface area contributed by atoms with Gasteiger partial charge >= 0.3 is 6.18 Å². The van der Waals surface area contributed by atoms with Crippen LogP contribution in [0.1, 0.15) is 5.56 Å². The molecule has 4 rings (SSSR count). The number of hydrogen-bond acceptors (Lipinski definition) is 2. The van der Waals surface area contributed by atoms with Crippen molar-refractivity contribution < 1.29 is 13.2 Å². The van der Waals surface area contributed by atoms with Crippen LogP contribution >= 0.6 is 0 Å². The highest BCUT2D eigenvalue weighted by atomic mass is 19.4. The fourth-order valence-corrected chi connectivity index (χ4v) is 3.43. The first-order chi connectivity index (χ1) is 13.9. The standard InChI is InChI=1S/C24H17F3N2/c25-24(26,27)21-9-5-8-20(22-10-3-4-15-29-22)23(21)19-7-2-1-6-18(19)16-11-13-17(28)14-12-16/h1-15H,28H2. The van der Waals surface area contributed by atoms with E-state index in [1.54, 1.807) is 54.7 Å². The fourth-order valence-electron chi connectivity index (χ4n) is 3.43. The topological polar surface area (TPSA) is 38.9 Å². The highest BCUT2D eigenvalue weighted by Crippen LogP contribution is 2.45. The monoisotopic (exact) mass is 390 g/mol. The Kier molecular flexibility index (Phi) is 4.80. The number of halogens is 3. The zero-order valence-corrected chi connectivity index (χ0v) is 15.3. The molecule has 5 heteroatoms. The largest absolute Gasteiger partial charge is 0.417 e. The zero-order valence-electron chi connectivity index (χ0n) is 15.3. The Bertz CT molecular complexity index is 1130. The third-order valence-electron chi connectivity index (χ3n) is 4.73. The first-order valence-corrected chi connectivity index (χ1v) is 9.02. The maximum Gasteiger partial charge on any atom is 0.417 e. The van der Waals surface area contributed by atoms with Gasteiger partial charge in [0.15, 0.2) is 0 Å². The fraction of sp³-hybridized carbons (Fsp3) is 0.0417. The van der Waals surface area contributed by atoms with Crippen LogP contribution in [0, 0.1) is 0 Å². The van der Waals surface area contributed by atoms with Crippen molar-refractivity contribution >= 4 is 5.69 Å². The molecule has 0 unspecified atom stereocenters. The average Bonchev–Trinajstić information content (AvgIpc) is 2.74. The van der Waals surface area contributed by atoms with E-state index < -0.39 is 11.7 Å². The second kappa shape index (κ2) is 7.43. The molecule has 0 saturated heterocycles. The summed E-state index contributed by atoms with van der Waals surface area (Å²) in [5.41, 5.74) is 8.70. The van der Waals surface area contributed by atoms with Gasteiger partial charge in [0.25, 0.3) is 0 Å². The summed E-state index contributed by atoms with van der Waals surface area (Å²) in [6.07, 6.45) is -2.93. The van der Waals surface area contributed by atoms with Crippen LogP contribution in [0.2, 0.25) is 0 Å². The lowest BCUT2D eigenvalue weighted by molar-refractivity contribution is -0.137. The molecule has 4 aromatic rings. The lowest BCUT2D eigenvalue weighted by Crippen LogP contribution is -2.08. The first-order valence-electron chi connectivity index (χ1n) is 9.02. The molecule has 0 saturated carbocycles. The van der Waals surface area contributed by atoms with Crippen molar-refractivity contribution in [3.8, 4) is 33.5 Å². The third-order valence-corrected chi connectivity index (χ3v) is 4.73. The van der Waals surface area contributed by atoms with Gasteiger partial charge in [0.2, 0.25) is 0 Å². The predicted molar refractivity (Wildman–Crippen MR) is 110 cm³/mol. The van der Waals surface area contributed by atoms with Crippen molar-refractivity contribution in [3.05, 3.63) is 96.7 Å². The van der Waals surface area contributed by atoms with Crippen molar-refractivity contribution in [1.29, 1.82) is 0 Å². The molecule has 3 aromatic carbocycles. The summed E-state index contributed by atoms with van der Waals surface area (Å²) in [4.78, 5) is 4.29. The van der Waals surface area contributed by atoms with Gasteiger partial charge in [-0.05, 0) is 47.0 Å². The molecule has 0 bridgehead atoms. The number of aromatic nitrogens is 1. The van der Waals surface area contributed by atoms with E-state index in [0.717, 1.165) is 11.6 Å². The smallest absolute Gasteiger partial charge is 0.399 e. The van der Waals surface area contributed by atoms with E-state index in [-0.39, 0.29) is 5.56 Å². The van der Waals surface area contributed by atoms with Crippen LogP contribution in [0.5, 0.6) is 0 Å². The molecule has 1 aromatic heterocycles. The zero-order chi connectivity index (χ0) is 20.4. The third kappa shape index (κ3) is 3.72. The number of benzene rings is 3. The van der Waals surface area contributed by atoms with Gasteiger partial charge < -0.3 is 5.73 Å². The van der Waals surface area contributed by atoms with Gasteiger partial charge in [0, 0.05) is 23.0 Å². The number of alkyl halides is 3. The van der Waals surface area contributed by atoms with E-state index in [9.17, 15) is 13.2 Å². The lowest BCUT2D eigenvalue weighted by Gasteiger charge is -2.19. The van der Waals surface area contributed by atoms with Gasteiger partial charge in [0.05, 0.1) is 11.3 Å². The Morgan fingerprint density at radius 3 is 1.97 bits per heavy atom. The number of anilines is 1. The molecular formula is C24H17F3N2. The minimum atomic E-state index is -4.51. The van der Waals surface area contributed by atoms with Crippen molar-refractivity contribution in [2.45, 2.75) is 6.18 Å². The van der Waals surface area contributed by atoms with Crippen LogP contribution in [0.25, 0.3) is 33.5 Å². The van der Waals surface area contributed by atoms with E-state index in [1.807, 2.05) is 24.3 Å². The van der Waals surface area contributed by atoms with E-state index in [4.69, 9.17) is 5.73 Å². The van der Waals surface area contributed by atoms with Crippen molar-refractivity contribution in [1.82, 2.24) is 4.98 Å². The summed E-state index contributed by atoms with van der Waals surface area (Å²) >= 11 is 0. The predicted octanol–water partition coefficient (Wildman–Crippen LogP) is 6.68. The normalized spacial score (nSPS) is 11.4. The highest BCUT2D eigenvalue weighted by Gasteiger charge is 2.35. The molecule has 0 aliphatic heterocycles. The number of nitrogens with two attached hydrogens (primary N) is 1. The summed E-state index contributed by atoms with van der Waals surface area (Å²) in [5, 5.41) is 0. The Hall–Kier alpha value is -3.60. The molecule has 29 heavy (non-hydrogen) atoms. The average molecular weight is 390 g/mol. The first kappa shape index (κ1) is 18.7. The Morgan fingerprint density at radius 1 is 0.655 bits per heavy atom. The van der Waals surface area contributed by atoms with E-state index in [0.29, 0.717) is 28.1 Å². The van der Waals surface area contributed by atoms with E-state index in [1.165, 1.54) is 6.07 Å². The van der Waals surface area contributed by atoms with E-state index >= 15 is 0 Å². The molecule has 0 amide bonds. The Labute approximate surface area is 166 Å². The minimum Gasteiger partial charge on any atom is -0.399 e. The molecule has 0 aliphatic carbocycles. The summed E-state index contributed by atoms with van der Waals surface area (Å²) in [7, 11) is 0. The SMILES string of the molecule is Nc1ccc(-c2ccccc2-c2c(-c3ccccn3)cccc2C(F)(F)F)cc1. The summed E-state index contributed by atoms with van der Waals surface area (Å²) in [5.74, 6) is 0. The molecule has 0 atom stereocenters. The van der Waals surface area contributed by atoms with Crippen LogP contribution in [-0.2, 0) is 6.18 Å². The number of hydrogen-bond donors (Lipinski definition) is 1.